The molecular weight excluding hydrogens is 462 g/mol. The summed E-state index contributed by atoms with van der Waals surface area (Å²) in [6.07, 6.45) is 0.900. The van der Waals surface area contributed by atoms with E-state index in [1.165, 1.54) is 0 Å². The number of ether oxygens (including phenoxy) is 1. The molecule has 0 radical (unpaired) electrons. The summed E-state index contributed by atoms with van der Waals surface area (Å²) in [5.41, 5.74) is 4.88. The molecule has 0 bridgehead atoms. The quantitative estimate of drug-likeness (QED) is 0.411. The van der Waals surface area contributed by atoms with Crippen molar-refractivity contribution in [2.45, 2.75) is 6.42 Å². The van der Waals surface area contributed by atoms with Crippen molar-refractivity contribution in [2.75, 3.05) is 57.2 Å². The zero-order chi connectivity index (χ0) is 24.4. The minimum atomic E-state index is 0.671. The van der Waals surface area contributed by atoms with Gasteiger partial charge in [-0.2, -0.15) is 4.98 Å². The van der Waals surface area contributed by atoms with Crippen molar-refractivity contribution in [1.29, 1.82) is 0 Å². The van der Waals surface area contributed by atoms with Crippen molar-refractivity contribution in [3.8, 4) is 11.3 Å². The molecule has 3 heterocycles. The molecule has 0 saturated carbocycles. The molecule has 9 heteroatoms. The van der Waals surface area contributed by atoms with Crippen LogP contribution in [0.4, 0.5) is 17.5 Å². The number of halogens is 1. The minimum absolute atomic E-state index is 0.671. The van der Waals surface area contributed by atoms with E-state index in [4.69, 9.17) is 31.3 Å². The standard InChI is InChI=1S/C26H30ClN7O/c1-32(2)11-10-25-29-21-9-4-18(16-23(21)33(25)3)22-17-24(28-20-7-5-19(27)6-8-20)31-26(30-22)34-12-14-35-15-13-34/h4-9,16-17H,10-15H2,1-3H3,(H,28,30,31). The van der Waals surface area contributed by atoms with E-state index in [0.717, 1.165) is 65.7 Å². The van der Waals surface area contributed by atoms with E-state index in [1.807, 2.05) is 30.3 Å². The highest BCUT2D eigenvalue weighted by Gasteiger charge is 2.17. The van der Waals surface area contributed by atoms with Gasteiger partial charge in [0.1, 0.15) is 11.6 Å². The Balaban J connectivity index is 1.52. The van der Waals surface area contributed by atoms with Crippen LogP contribution in [0.3, 0.4) is 0 Å². The van der Waals surface area contributed by atoms with Gasteiger partial charge in [0.05, 0.1) is 29.9 Å². The summed E-state index contributed by atoms with van der Waals surface area (Å²) in [6.45, 7) is 3.83. The Morgan fingerprint density at radius 3 is 2.51 bits per heavy atom. The van der Waals surface area contributed by atoms with Gasteiger partial charge in [-0.25, -0.2) is 9.97 Å². The van der Waals surface area contributed by atoms with Crippen LogP contribution in [0.5, 0.6) is 0 Å². The maximum Gasteiger partial charge on any atom is 0.228 e. The molecule has 5 rings (SSSR count). The van der Waals surface area contributed by atoms with E-state index in [2.05, 4.69) is 59.0 Å². The molecule has 2 aromatic carbocycles. The molecule has 0 amide bonds. The number of imidazole rings is 1. The first-order valence-electron chi connectivity index (χ1n) is 11.8. The summed E-state index contributed by atoms with van der Waals surface area (Å²) >= 11 is 6.06. The lowest BCUT2D eigenvalue weighted by molar-refractivity contribution is 0.122. The highest BCUT2D eigenvalue weighted by atomic mass is 35.5. The van der Waals surface area contributed by atoms with Crippen molar-refractivity contribution in [1.82, 2.24) is 24.4 Å². The van der Waals surface area contributed by atoms with Crippen LogP contribution in [0.25, 0.3) is 22.3 Å². The lowest BCUT2D eigenvalue weighted by atomic mass is 10.1. The molecule has 1 fully saturated rings. The highest BCUT2D eigenvalue weighted by molar-refractivity contribution is 6.30. The fourth-order valence-corrected chi connectivity index (χ4v) is 4.30. The third kappa shape index (κ3) is 5.40. The predicted molar refractivity (Wildman–Crippen MR) is 142 cm³/mol. The Kier molecular flexibility index (Phi) is 6.86. The average Bonchev–Trinajstić information content (AvgIpc) is 3.19. The van der Waals surface area contributed by atoms with Crippen molar-refractivity contribution in [3.05, 3.63) is 59.4 Å². The number of morpholine rings is 1. The van der Waals surface area contributed by atoms with E-state index < -0.39 is 0 Å². The fourth-order valence-electron chi connectivity index (χ4n) is 4.18. The molecule has 1 aliphatic rings. The number of aromatic nitrogens is 4. The predicted octanol–water partition coefficient (Wildman–Crippen LogP) is 4.37. The van der Waals surface area contributed by atoms with E-state index in [-0.39, 0.29) is 0 Å². The molecule has 8 nitrogen and oxygen atoms in total. The molecule has 0 spiro atoms. The number of aryl methyl sites for hydroxylation is 1. The molecule has 1 saturated heterocycles. The molecule has 0 atom stereocenters. The normalized spacial score (nSPS) is 14.1. The first-order valence-corrected chi connectivity index (χ1v) is 12.2. The largest absolute Gasteiger partial charge is 0.378 e. The van der Waals surface area contributed by atoms with Crippen LogP contribution in [-0.4, -0.2) is 71.4 Å². The Bertz CT molecular complexity index is 1310. The molecule has 1 N–H and O–H groups in total. The summed E-state index contributed by atoms with van der Waals surface area (Å²) < 4.78 is 7.71. The van der Waals surface area contributed by atoms with E-state index >= 15 is 0 Å². The Hall–Kier alpha value is -3.20. The number of benzene rings is 2. The fraction of sp³-hybridized carbons (Fsp3) is 0.346. The van der Waals surface area contributed by atoms with Gasteiger partial charge >= 0.3 is 0 Å². The lowest BCUT2D eigenvalue weighted by Gasteiger charge is -2.27. The van der Waals surface area contributed by atoms with Gasteiger partial charge in [0.15, 0.2) is 0 Å². The third-order valence-electron chi connectivity index (χ3n) is 6.18. The summed E-state index contributed by atoms with van der Waals surface area (Å²) in [4.78, 5) is 19.0. The van der Waals surface area contributed by atoms with Gasteiger partial charge < -0.3 is 24.4 Å². The number of rotatable bonds is 7. The first-order chi connectivity index (χ1) is 17.0. The Morgan fingerprint density at radius 1 is 1.00 bits per heavy atom. The van der Waals surface area contributed by atoms with Gasteiger partial charge in [-0.1, -0.05) is 17.7 Å². The second kappa shape index (κ2) is 10.2. The second-order valence-corrected chi connectivity index (χ2v) is 9.45. The van der Waals surface area contributed by atoms with Crippen molar-refractivity contribution >= 4 is 40.1 Å². The summed E-state index contributed by atoms with van der Waals surface area (Å²) in [5, 5.41) is 4.11. The van der Waals surface area contributed by atoms with Gasteiger partial charge in [-0.3, -0.25) is 0 Å². The maximum absolute atomic E-state index is 6.06. The summed E-state index contributed by atoms with van der Waals surface area (Å²) in [7, 11) is 6.24. The van der Waals surface area contributed by atoms with E-state index in [0.29, 0.717) is 24.2 Å². The second-order valence-electron chi connectivity index (χ2n) is 9.01. The van der Waals surface area contributed by atoms with Crippen LogP contribution in [0.15, 0.2) is 48.5 Å². The number of fused-ring (bicyclic) bond motifs is 1. The molecule has 0 unspecified atom stereocenters. The number of nitrogens with zero attached hydrogens (tertiary/aromatic N) is 6. The average molecular weight is 492 g/mol. The van der Waals surface area contributed by atoms with Gasteiger partial charge in [-0.05, 0) is 50.5 Å². The smallest absolute Gasteiger partial charge is 0.228 e. The molecule has 182 valence electrons. The van der Waals surface area contributed by atoms with Gasteiger partial charge in [0.25, 0.3) is 0 Å². The highest BCUT2D eigenvalue weighted by Crippen LogP contribution is 2.28. The molecule has 0 aliphatic carbocycles. The van der Waals surface area contributed by atoms with Crippen LogP contribution in [-0.2, 0) is 18.2 Å². The Labute approximate surface area is 210 Å². The third-order valence-corrected chi connectivity index (χ3v) is 6.43. The number of hydrogen-bond acceptors (Lipinski definition) is 7. The molecule has 35 heavy (non-hydrogen) atoms. The number of anilines is 3. The molecule has 2 aromatic heterocycles. The monoisotopic (exact) mass is 491 g/mol. The van der Waals surface area contributed by atoms with Crippen molar-refractivity contribution in [3.63, 3.8) is 0 Å². The number of likely N-dealkylation sites (N-methyl/N-ethyl adjacent to an activating group) is 1. The number of nitrogens with one attached hydrogen (secondary N) is 1. The Morgan fingerprint density at radius 2 is 1.77 bits per heavy atom. The summed E-state index contributed by atoms with van der Waals surface area (Å²) in [6, 6.07) is 15.9. The maximum atomic E-state index is 6.06. The SMILES string of the molecule is CN(C)CCc1nc2ccc(-c3cc(Nc4ccc(Cl)cc4)nc(N4CCOCC4)n3)cc2n1C. The van der Waals surface area contributed by atoms with Gasteiger partial charge in [-0.15, -0.1) is 0 Å². The van der Waals surface area contributed by atoms with Crippen LogP contribution in [0, 0.1) is 0 Å². The molecular formula is C26H30ClN7O. The topological polar surface area (TPSA) is 71.3 Å². The van der Waals surface area contributed by atoms with Crippen LogP contribution in [0.2, 0.25) is 5.02 Å². The molecule has 4 aromatic rings. The van der Waals surface area contributed by atoms with Crippen molar-refractivity contribution < 1.29 is 4.74 Å². The van der Waals surface area contributed by atoms with E-state index in [9.17, 15) is 0 Å². The number of hydrogen-bond donors (Lipinski definition) is 1. The van der Waals surface area contributed by atoms with Crippen LogP contribution >= 0.6 is 11.6 Å². The summed E-state index contributed by atoms with van der Waals surface area (Å²) in [5.74, 6) is 2.50. The zero-order valence-electron chi connectivity index (χ0n) is 20.3. The van der Waals surface area contributed by atoms with E-state index in [1.54, 1.807) is 0 Å². The zero-order valence-corrected chi connectivity index (χ0v) is 21.1. The lowest BCUT2D eigenvalue weighted by Crippen LogP contribution is -2.37. The first kappa shape index (κ1) is 23.5. The van der Waals surface area contributed by atoms with Gasteiger partial charge in [0.2, 0.25) is 5.95 Å². The van der Waals surface area contributed by atoms with Crippen LogP contribution in [0.1, 0.15) is 5.82 Å². The molecule has 1 aliphatic heterocycles. The minimum Gasteiger partial charge on any atom is -0.378 e. The van der Waals surface area contributed by atoms with Crippen molar-refractivity contribution in [2.24, 2.45) is 7.05 Å². The van der Waals surface area contributed by atoms with Gasteiger partial charge in [0, 0.05) is 55.4 Å². The van der Waals surface area contributed by atoms with Crippen LogP contribution < -0.4 is 10.2 Å².